The highest BCUT2D eigenvalue weighted by atomic mass is 16.5. The van der Waals surface area contributed by atoms with E-state index in [-0.39, 0.29) is 18.0 Å². The number of carbonyl (C=O) groups is 1. The molecule has 0 radical (unpaired) electrons. The topological polar surface area (TPSA) is 56.5 Å². The van der Waals surface area contributed by atoms with Gasteiger partial charge < -0.3 is 9.15 Å². The van der Waals surface area contributed by atoms with Gasteiger partial charge in [0.15, 0.2) is 5.78 Å². The van der Waals surface area contributed by atoms with Crippen LogP contribution < -0.4 is 10.4 Å². The minimum Gasteiger partial charge on any atom is -0.485 e. The van der Waals surface area contributed by atoms with Gasteiger partial charge in [-0.1, -0.05) is 0 Å². The van der Waals surface area contributed by atoms with Crippen LogP contribution in [0.15, 0.2) is 21.3 Å². The molecule has 3 rings (SSSR count). The van der Waals surface area contributed by atoms with Crippen LogP contribution in [0.5, 0.6) is 5.75 Å². The second-order valence-corrected chi connectivity index (χ2v) is 5.26. The molecule has 4 heteroatoms. The van der Waals surface area contributed by atoms with Gasteiger partial charge in [-0.05, 0) is 50.8 Å². The van der Waals surface area contributed by atoms with Crippen molar-refractivity contribution in [3.8, 4) is 5.75 Å². The fourth-order valence-corrected chi connectivity index (χ4v) is 2.80. The molecule has 0 unspecified atom stereocenters. The van der Waals surface area contributed by atoms with Gasteiger partial charge in [0.2, 0.25) is 0 Å². The highest BCUT2D eigenvalue weighted by Gasteiger charge is 2.21. The van der Waals surface area contributed by atoms with Crippen molar-refractivity contribution in [3.63, 3.8) is 0 Å². The SMILES string of the molecule is CC(=O)COc1ccc2c3c(c(=O)oc2c1C)CCC3. The summed E-state index contributed by atoms with van der Waals surface area (Å²) in [5.41, 5.74) is 3.04. The van der Waals surface area contributed by atoms with Crippen LogP contribution in [0, 0.1) is 6.92 Å². The predicted molar refractivity (Wildman–Crippen MR) is 75.4 cm³/mol. The van der Waals surface area contributed by atoms with Gasteiger partial charge in [0.1, 0.15) is 17.9 Å². The zero-order valence-corrected chi connectivity index (χ0v) is 11.6. The molecule has 1 aromatic carbocycles. The Kier molecular flexibility index (Phi) is 3.08. The molecular formula is C16H16O4. The Balaban J connectivity index is 2.16. The molecule has 0 atom stereocenters. The molecule has 1 heterocycles. The van der Waals surface area contributed by atoms with Gasteiger partial charge in [-0.25, -0.2) is 4.79 Å². The monoisotopic (exact) mass is 272 g/mol. The molecule has 0 bridgehead atoms. The zero-order chi connectivity index (χ0) is 14.3. The lowest BCUT2D eigenvalue weighted by Crippen LogP contribution is -2.09. The number of rotatable bonds is 3. The first kappa shape index (κ1) is 12.9. The molecule has 0 fully saturated rings. The Hall–Kier alpha value is -2.10. The van der Waals surface area contributed by atoms with Crippen LogP contribution in [-0.2, 0) is 17.6 Å². The van der Waals surface area contributed by atoms with Gasteiger partial charge in [0, 0.05) is 16.5 Å². The van der Waals surface area contributed by atoms with Crippen LogP contribution >= 0.6 is 0 Å². The zero-order valence-electron chi connectivity index (χ0n) is 11.6. The van der Waals surface area contributed by atoms with E-state index in [0.717, 1.165) is 41.3 Å². The molecule has 1 aliphatic rings. The van der Waals surface area contributed by atoms with Gasteiger partial charge >= 0.3 is 5.63 Å². The molecule has 1 aromatic heterocycles. The Morgan fingerprint density at radius 1 is 1.30 bits per heavy atom. The van der Waals surface area contributed by atoms with E-state index in [1.165, 1.54) is 6.92 Å². The molecule has 2 aromatic rings. The fourth-order valence-electron chi connectivity index (χ4n) is 2.80. The first-order valence-corrected chi connectivity index (χ1v) is 6.78. The van der Waals surface area contributed by atoms with E-state index < -0.39 is 0 Å². The number of ketones is 1. The number of fused-ring (bicyclic) bond motifs is 3. The number of hydrogen-bond acceptors (Lipinski definition) is 4. The van der Waals surface area contributed by atoms with Crippen LogP contribution in [0.2, 0.25) is 0 Å². The molecule has 0 saturated carbocycles. The normalized spacial score (nSPS) is 13.5. The highest BCUT2D eigenvalue weighted by molar-refractivity contribution is 5.86. The standard InChI is InChI=1S/C16H16O4/c1-9(17)8-19-14-7-6-12-11-4-3-5-13(11)16(18)20-15(12)10(14)2/h6-7H,3-5,8H2,1-2H3. The summed E-state index contributed by atoms with van der Waals surface area (Å²) in [6.45, 7) is 3.35. The van der Waals surface area contributed by atoms with Gasteiger partial charge in [0.25, 0.3) is 0 Å². The van der Waals surface area contributed by atoms with E-state index >= 15 is 0 Å². The van der Waals surface area contributed by atoms with Crippen LogP contribution in [0.3, 0.4) is 0 Å². The summed E-state index contributed by atoms with van der Waals surface area (Å²) in [7, 11) is 0. The second-order valence-electron chi connectivity index (χ2n) is 5.26. The van der Waals surface area contributed by atoms with E-state index in [1.54, 1.807) is 0 Å². The molecule has 104 valence electrons. The minimum atomic E-state index is -0.239. The van der Waals surface area contributed by atoms with Gasteiger partial charge in [-0.15, -0.1) is 0 Å². The lowest BCUT2D eigenvalue weighted by Gasteiger charge is -2.11. The highest BCUT2D eigenvalue weighted by Crippen LogP contribution is 2.32. The quantitative estimate of drug-likeness (QED) is 0.806. The minimum absolute atomic E-state index is 0.0293. The lowest BCUT2D eigenvalue weighted by atomic mass is 10.0. The molecule has 1 aliphatic carbocycles. The smallest absolute Gasteiger partial charge is 0.339 e. The van der Waals surface area contributed by atoms with Gasteiger partial charge in [-0.3, -0.25) is 4.79 Å². The summed E-state index contributed by atoms with van der Waals surface area (Å²) in [6.07, 6.45) is 2.72. The van der Waals surface area contributed by atoms with Crippen molar-refractivity contribution in [2.45, 2.75) is 33.1 Å². The summed E-state index contributed by atoms with van der Waals surface area (Å²) in [5, 5.41) is 0.991. The molecule has 0 N–H and O–H groups in total. The average Bonchev–Trinajstić information content (AvgIpc) is 2.89. The van der Waals surface area contributed by atoms with E-state index in [9.17, 15) is 9.59 Å². The van der Waals surface area contributed by atoms with E-state index in [0.29, 0.717) is 11.3 Å². The number of hydrogen-bond donors (Lipinski definition) is 0. The van der Waals surface area contributed by atoms with E-state index in [4.69, 9.17) is 9.15 Å². The van der Waals surface area contributed by atoms with Crippen LogP contribution in [0.25, 0.3) is 11.0 Å². The summed E-state index contributed by atoms with van der Waals surface area (Å²) in [4.78, 5) is 23.0. The Bertz CT molecular complexity index is 755. The third-order valence-corrected chi connectivity index (χ3v) is 3.77. The van der Waals surface area contributed by atoms with Crippen molar-refractivity contribution in [2.75, 3.05) is 6.61 Å². The molecule has 0 amide bonds. The van der Waals surface area contributed by atoms with E-state index in [2.05, 4.69) is 0 Å². The number of aryl methyl sites for hydroxylation is 2. The summed E-state index contributed by atoms with van der Waals surface area (Å²) >= 11 is 0. The third kappa shape index (κ3) is 2.01. The Morgan fingerprint density at radius 2 is 2.05 bits per heavy atom. The number of benzene rings is 1. The van der Waals surface area contributed by atoms with Crippen LogP contribution in [-0.4, -0.2) is 12.4 Å². The molecule has 0 saturated heterocycles. The molecular weight excluding hydrogens is 256 g/mol. The van der Waals surface area contributed by atoms with E-state index in [1.807, 2.05) is 19.1 Å². The van der Waals surface area contributed by atoms with Crippen LogP contribution in [0.1, 0.15) is 30.0 Å². The van der Waals surface area contributed by atoms with Gasteiger partial charge in [-0.2, -0.15) is 0 Å². The maximum absolute atomic E-state index is 12.0. The first-order chi connectivity index (χ1) is 9.58. The van der Waals surface area contributed by atoms with Gasteiger partial charge in [0.05, 0.1) is 0 Å². The first-order valence-electron chi connectivity index (χ1n) is 6.78. The Morgan fingerprint density at radius 3 is 2.80 bits per heavy atom. The van der Waals surface area contributed by atoms with Crippen molar-refractivity contribution >= 4 is 16.8 Å². The van der Waals surface area contributed by atoms with Crippen molar-refractivity contribution < 1.29 is 13.9 Å². The van der Waals surface area contributed by atoms with Crippen molar-refractivity contribution in [3.05, 3.63) is 39.2 Å². The largest absolute Gasteiger partial charge is 0.485 e. The van der Waals surface area contributed by atoms with Crippen LogP contribution in [0.4, 0.5) is 0 Å². The maximum Gasteiger partial charge on any atom is 0.339 e. The predicted octanol–water partition coefficient (Wildman–Crippen LogP) is 2.56. The number of Topliss-reactive ketones (excluding diaryl/α,β-unsaturated/α-hetero) is 1. The molecule has 0 spiro atoms. The molecule has 0 aliphatic heterocycles. The lowest BCUT2D eigenvalue weighted by molar-refractivity contribution is -0.118. The maximum atomic E-state index is 12.0. The fraction of sp³-hybridized carbons (Fsp3) is 0.375. The molecule has 4 nitrogen and oxygen atoms in total. The third-order valence-electron chi connectivity index (χ3n) is 3.77. The summed E-state index contributed by atoms with van der Waals surface area (Å²) in [5.74, 6) is 0.550. The average molecular weight is 272 g/mol. The second kappa shape index (κ2) is 4.78. The molecule has 20 heavy (non-hydrogen) atoms. The Labute approximate surface area is 116 Å². The van der Waals surface area contributed by atoms with Crippen molar-refractivity contribution in [1.82, 2.24) is 0 Å². The number of ether oxygens (including phenoxy) is 1. The number of carbonyl (C=O) groups excluding carboxylic acids is 1. The summed E-state index contributed by atoms with van der Waals surface area (Å²) in [6, 6.07) is 3.77. The van der Waals surface area contributed by atoms with Crippen molar-refractivity contribution in [2.24, 2.45) is 0 Å². The summed E-state index contributed by atoms with van der Waals surface area (Å²) < 4.78 is 10.9. The van der Waals surface area contributed by atoms with Crippen molar-refractivity contribution in [1.29, 1.82) is 0 Å².